The Morgan fingerprint density at radius 1 is 1.80 bits per heavy atom. The molecule has 2 nitrogen and oxygen atoms in total. The van der Waals surface area contributed by atoms with Crippen molar-refractivity contribution in [3.63, 3.8) is 0 Å². The van der Waals surface area contributed by atoms with Crippen LogP contribution in [0.2, 0.25) is 0 Å². The van der Waals surface area contributed by atoms with Gasteiger partial charge in [0.15, 0.2) is 0 Å². The molecule has 10 heavy (non-hydrogen) atoms. The normalized spacial score (nSPS) is 9.70. The third kappa shape index (κ3) is 1.65. The van der Waals surface area contributed by atoms with E-state index in [4.69, 9.17) is 5.73 Å². The maximum Gasteiger partial charge on any atom is 0.0966 e. The molecule has 3 heteroatoms. The molecular formula is C7H10N2S. The Morgan fingerprint density at radius 2 is 2.60 bits per heavy atom. The van der Waals surface area contributed by atoms with Gasteiger partial charge in [0.05, 0.1) is 10.7 Å². The molecule has 0 atom stereocenters. The summed E-state index contributed by atoms with van der Waals surface area (Å²) in [6.45, 7) is 4.16. The maximum absolute atomic E-state index is 5.38. The molecule has 0 aliphatic heterocycles. The van der Waals surface area contributed by atoms with E-state index in [1.54, 1.807) is 11.3 Å². The quantitative estimate of drug-likeness (QED) is 0.667. The van der Waals surface area contributed by atoms with Crippen LogP contribution >= 0.6 is 11.3 Å². The number of aromatic nitrogens is 1. The van der Waals surface area contributed by atoms with Gasteiger partial charge >= 0.3 is 0 Å². The number of nitrogens with zero attached hydrogens (tertiary/aromatic N) is 1. The van der Waals surface area contributed by atoms with Crippen LogP contribution in [0.15, 0.2) is 18.0 Å². The molecule has 1 heterocycles. The number of nitrogens with two attached hydrogens (primary N) is 1. The highest BCUT2D eigenvalue weighted by Crippen LogP contribution is 2.09. The SMILES string of the molecule is C=CCc1nc(CN)cs1. The van der Waals surface area contributed by atoms with E-state index in [9.17, 15) is 0 Å². The van der Waals surface area contributed by atoms with E-state index in [2.05, 4.69) is 11.6 Å². The van der Waals surface area contributed by atoms with Crippen LogP contribution < -0.4 is 5.73 Å². The summed E-state index contributed by atoms with van der Waals surface area (Å²) in [5, 5.41) is 3.08. The van der Waals surface area contributed by atoms with E-state index in [0.717, 1.165) is 17.1 Å². The van der Waals surface area contributed by atoms with Gasteiger partial charge in [-0.05, 0) is 0 Å². The van der Waals surface area contributed by atoms with Crippen LogP contribution in [0.5, 0.6) is 0 Å². The van der Waals surface area contributed by atoms with Crippen LogP contribution in [0.1, 0.15) is 10.7 Å². The van der Waals surface area contributed by atoms with Crippen LogP contribution in [0.25, 0.3) is 0 Å². The van der Waals surface area contributed by atoms with Gasteiger partial charge in [0.1, 0.15) is 0 Å². The van der Waals surface area contributed by atoms with Gasteiger partial charge in [-0.2, -0.15) is 0 Å². The molecule has 2 N–H and O–H groups in total. The zero-order chi connectivity index (χ0) is 7.40. The summed E-state index contributed by atoms with van der Waals surface area (Å²) in [6, 6.07) is 0. The Hall–Kier alpha value is -0.670. The third-order valence-electron chi connectivity index (χ3n) is 1.13. The van der Waals surface area contributed by atoms with Gasteiger partial charge in [-0.1, -0.05) is 6.08 Å². The average molecular weight is 154 g/mol. The summed E-state index contributed by atoms with van der Waals surface area (Å²) in [6.07, 6.45) is 2.70. The second-order valence-electron chi connectivity index (χ2n) is 1.93. The molecule has 0 amide bonds. The summed E-state index contributed by atoms with van der Waals surface area (Å²) in [5.41, 5.74) is 6.35. The Bertz CT molecular complexity index is 217. The molecule has 0 saturated carbocycles. The molecule has 0 saturated heterocycles. The van der Waals surface area contributed by atoms with Crippen LogP contribution in [0.4, 0.5) is 0 Å². The molecule has 0 aromatic carbocycles. The zero-order valence-corrected chi connectivity index (χ0v) is 6.53. The minimum Gasteiger partial charge on any atom is -0.325 e. The number of hydrogen-bond donors (Lipinski definition) is 1. The molecule has 0 fully saturated rings. The highest BCUT2D eigenvalue weighted by Gasteiger charge is 1.96. The summed E-state index contributed by atoms with van der Waals surface area (Å²) in [4.78, 5) is 4.24. The van der Waals surface area contributed by atoms with E-state index in [-0.39, 0.29) is 0 Å². The maximum atomic E-state index is 5.38. The van der Waals surface area contributed by atoms with Gasteiger partial charge in [0.2, 0.25) is 0 Å². The van der Waals surface area contributed by atoms with Gasteiger partial charge in [0.25, 0.3) is 0 Å². The van der Waals surface area contributed by atoms with Crippen molar-refractivity contribution >= 4 is 11.3 Å². The average Bonchev–Trinajstić information content (AvgIpc) is 2.37. The van der Waals surface area contributed by atoms with Crippen molar-refractivity contribution in [2.24, 2.45) is 5.73 Å². The van der Waals surface area contributed by atoms with Crippen molar-refractivity contribution in [2.75, 3.05) is 0 Å². The third-order valence-corrected chi connectivity index (χ3v) is 2.05. The number of thiazole rings is 1. The lowest BCUT2D eigenvalue weighted by molar-refractivity contribution is 0.988. The van der Waals surface area contributed by atoms with Crippen molar-refractivity contribution in [3.8, 4) is 0 Å². The smallest absolute Gasteiger partial charge is 0.0966 e. The van der Waals surface area contributed by atoms with Gasteiger partial charge in [0, 0.05) is 18.3 Å². The predicted octanol–water partition coefficient (Wildman–Crippen LogP) is 1.33. The fraction of sp³-hybridized carbons (Fsp3) is 0.286. The second kappa shape index (κ2) is 3.49. The zero-order valence-electron chi connectivity index (χ0n) is 5.71. The first-order valence-corrected chi connectivity index (χ1v) is 3.99. The molecular weight excluding hydrogens is 144 g/mol. The van der Waals surface area contributed by atoms with Crippen LogP contribution in [0.3, 0.4) is 0 Å². The van der Waals surface area contributed by atoms with Crippen molar-refractivity contribution in [3.05, 3.63) is 28.7 Å². The lowest BCUT2D eigenvalue weighted by atomic mass is 10.4. The number of rotatable bonds is 3. The molecule has 0 aliphatic rings. The van der Waals surface area contributed by atoms with Gasteiger partial charge in [-0.25, -0.2) is 4.98 Å². The molecule has 0 unspecified atom stereocenters. The van der Waals surface area contributed by atoms with Crippen LogP contribution in [-0.4, -0.2) is 4.98 Å². The van der Waals surface area contributed by atoms with Crippen molar-refractivity contribution in [1.82, 2.24) is 4.98 Å². The van der Waals surface area contributed by atoms with E-state index < -0.39 is 0 Å². The van der Waals surface area contributed by atoms with Crippen LogP contribution in [-0.2, 0) is 13.0 Å². The van der Waals surface area contributed by atoms with E-state index in [1.165, 1.54) is 0 Å². The van der Waals surface area contributed by atoms with E-state index in [0.29, 0.717) is 6.54 Å². The fourth-order valence-corrected chi connectivity index (χ4v) is 1.46. The molecule has 1 aromatic rings. The van der Waals surface area contributed by atoms with Crippen LogP contribution in [0, 0.1) is 0 Å². The molecule has 1 rings (SSSR count). The largest absolute Gasteiger partial charge is 0.325 e. The summed E-state index contributed by atoms with van der Waals surface area (Å²) < 4.78 is 0. The number of allylic oxidation sites excluding steroid dienone is 1. The first kappa shape index (κ1) is 7.44. The monoisotopic (exact) mass is 154 g/mol. The van der Waals surface area contributed by atoms with Crippen molar-refractivity contribution in [1.29, 1.82) is 0 Å². The minimum absolute atomic E-state index is 0.535. The standard InChI is InChI=1S/C7H10N2S/c1-2-3-7-9-6(4-8)5-10-7/h2,5H,1,3-4,8H2. The molecule has 54 valence electrons. The lowest BCUT2D eigenvalue weighted by Crippen LogP contribution is -1.96. The molecule has 0 spiro atoms. The molecule has 1 aromatic heterocycles. The molecule has 0 radical (unpaired) electrons. The lowest BCUT2D eigenvalue weighted by Gasteiger charge is -1.84. The second-order valence-corrected chi connectivity index (χ2v) is 2.87. The molecule has 0 aliphatic carbocycles. The van der Waals surface area contributed by atoms with E-state index >= 15 is 0 Å². The first-order chi connectivity index (χ1) is 4.86. The fourth-order valence-electron chi connectivity index (χ4n) is 0.660. The Kier molecular flexibility index (Phi) is 2.59. The topological polar surface area (TPSA) is 38.9 Å². The summed E-state index contributed by atoms with van der Waals surface area (Å²) in [7, 11) is 0. The minimum atomic E-state index is 0.535. The summed E-state index contributed by atoms with van der Waals surface area (Å²) in [5.74, 6) is 0. The predicted molar refractivity (Wildman–Crippen MR) is 43.9 cm³/mol. The number of hydrogen-bond acceptors (Lipinski definition) is 3. The first-order valence-electron chi connectivity index (χ1n) is 3.11. The van der Waals surface area contributed by atoms with Gasteiger partial charge < -0.3 is 5.73 Å². The highest BCUT2D eigenvalue weighted by molar-refractivity contribution is 7.09. The Labute approximate surface area is 64.4 Å². The van der Waals surface area contributed by atoms with Gasteiger partial charge in [-0.15, -0.1) is 17.9 Å². The van der Waals surface area contributed by atoms with Crippen molar-refractivity contribution in [2.45, 2.75) is 13.0 Å². The Balaban J connectivity index is 2.67. The van der Waals surface area contributed by atoms with Crippen molar-refractivity contribution < 1.29 is 0 Å². The molecule has 0 bridgehead atoms. The van der Waals surface area contributed by atoms with Gasteiger partial charge in [-0.3, -0.25) is 0 Å². The Morgan fingerprint density at radius 3 is 3.10 bits per heavy atom. The highest BCUT2D eigenvalue weighted by atomic mass is 32.1. The van der Waals surface area contributed by atoms with E-state index in [1.807, 2.05) is 11.5 Å². The summed E-state index contributed by atoms with van der Waals surface area (Å²) >= 11 is 1.64.